The summed E-state index contributed by atoms with van der Waals surface area (Å²) < 4.78 is 17.8. The van der Waals surface area contributed by atoms with Crippen molar-refractivity contribution >= 4 is 21.9 Å². The van der Waals surface area contributed by atoms with Crippen LogP contribution in [0.3, 0.4) is 0 Å². The average Bonchev–Trinajstić information content (AvgIpc) is 2.20. The minimum atomic E-state index is -0.942. The zero-order valence-electron chi connectivity index (χ0n) is 7.46. The Morgan fingerprint density at radius 1 is 1.64 bits per heavy atom. The Morgan fingerprint density at radius 2 is 2.29 bits per heavy atom. The summed E-state index contributed by atoms with van der Waals surface area (Å²) in [4.78, 5) is 11.0. The fraction of sp³-hybridized carbons (Fsp3) is 0.222. The number of hydrogen-bond acceptors (Lipinski definition) is 3. The van der Waals surface area contributed by atoms with Crippen LogP contribution < -0.4 is 5.73 Å². The van der Waals surface area contributed by atoms with Crippen molar-refractivity contribution in [3.8, 4) is 0 Å². The van der Waals surface area contributed by atoms with Gasteiger partial charge in [-0.05, 0) is 33.6 Å². The van der Waals surface area contributed by atoms with E-state index in [0.29, 0.717) is 10.0 Å². The molecule has 0 amide bonds. The summed E-state index contributed by atoms with van der Waals surface area (Å²) in [7, 11) is 1.23. The van der Waals surface area contributed by atoms with E-state index in [1.807, 2.05) is 0 Å². The van der Waals surface area contributed by atoms with Crippen molar-refractivity contribution in [1.29, 1.82) is 0 Å². The lowest BCUT2D eigenvalue weighted by Crippen LogP contribution is -2.22. The summed E-state index contributed by atoms with van der Waals surface area (Å²) in [5, 5.41) is 0. The third-order valence-corrected chi connectivity index (χ3v) is 2.40. The molecular formula is C9H9BrFNO2. The highest BCUT2D eigenvalue weighted by atomic mass is 79.9. The van der Waals surface area contributed by atoms with E-state index in [4.69, 9.17) is 5.73 Å². The predicted octanol–water partition coefficient (Wildman–Crippen LogP) is 1.76. The molecule has 0 fully saturated rings. The molecule has 0 aliphatic rings. The van der Waals surface area contributed by atoms with Crippen molar-refractivity contribution in [1.82, 2.24) is 0 Å². The van der Waals surface area contributed by atoms with Crippen LogP contribution in [0.2, 0.25) is 0 Å². The molecule has 1 aromatic rings. The van der Waals surface area contributed by atoms with E-state index < -0.39 is 17.8 Å². The van der Waals surface area contributed by atoms with E-state index in [9.17, 15) is 9.18 Å². The first-order valence-electron chi connectivity index (χ1n) is 3.84. The van der Waals surface area contributed by atoms with Gasteiger partial charge in [-0.3, -0.25) is 4.79 Å². The molecule has 1 aromatic carbocycles. The Labute approximate surface area is 89.2 Å². The van der Waals surface area contributed by atoms with Crippen LogP contribution in [0, 0.1) is 5.82 Å². The average molecular weight is 262 g/mol. The van der Waals surface area contributed by atoms with E-state index in [-0.39, 0.29) is 0 Å². The van der Waals surface area contributed by atoms with E-state index in [1.165, 1.54) is 19.2 Å². The van der Waals surface area contributed by atoms with Gasteiger partial charge < -0.3 is 10.5 Å². The monoisotopic (exact) mass is 261 g/mol. The molecule has 5 heteroatoms. The van der Waals surface area contributed by atoms with Crippen molar-refractivity contribution < 1.29 is 13.9 Å². The number of ether oxygens (including phenoxy) is 1. The predicted molar refractivity (Wildman–Crippen MR) is 53.0 cm³/mol. The highest BCUT2D eigenvalue weighted by molar-refractivity contribution is 9.10. The standard InChI is InChI=1S/C9H9BrFNO2/c1-14-9(13)8(12)5-2-3-6(10)7(11)4-5/h2-4,8H,12H2,1H3/t8-/m1/s1. The molecule has 0 aliphatic heterocycles. The molecule has 1 atom stereocenters. The van der Waals surface area contributed by atoms with Gasteiger partial charge in [0.05, 0.1) is 11.6 Å². The number of esters is 1. The molecule has 0 aromatic heterocycles. The molecule has 0 radical (unpaired) electrons. The number of halogens is 2. The molecule has 3 nitrogen and oxygen atoms in total. The van der Waals surface area contributed by atoms with Crippen molar-refractivity contribution in [2.45, 2.75) is 6.04 Å². The molecule has 76 valence electrons. The largest absolute Gasteiger partial charge is 0.468 e. The Morgan fingerprint density at radius 3 is 2.79 bits per heavy atom. The third-order valence-electron chi connectivity index (χ3n) is 1.76. The summed E-state index contributed by atoms with van der Waals surface area (Å²) in [6.45, 7) is 0. The van der Waals surface area contributed by atoms with Crippen LogP contribution in [0.1, 0.15) is 11.6 Å². The maximum atomic E-state index is 13.1. The Kier molecular flexibility index (Phi) is 3.60. The second-order valence-electron chi connectivity index (χ2n) is 2.67. The van der Waals surface area contributed by atoms with Gasteiger partial charge in [0, 0.05) is 0 Å². The molecule has 2 N–H and O–H groups in total. The smallest absolute Gasteiger partial charge is 0.327 e. The van der Waals surface area contributed by atoms with Gasteiger partial charge in [0.1, 0.15) is 11.9 Å². The third kappa shape index (κ3) is 2.30. The van der Waals surface area contributed by atoms with Gasteiger partial charge in [0.15, 0.2) is 0 Å². The van der Waals surface area contributed by atoms with Crippen molar-refractivity contribution in [2.24, 2.45) is 5.73 Å². The molecule has 14 heavy (non-hydrogen) atoms. The van der Waals surface area contributed by atoms with Crippen LogP contribution in [0.25, 0.3) is 0 Å². The summed E-state index contributed by atoms with van der Waals surface area (Å²) in [5.41, 5.74) is 5.90. The highest BCUT2D eigenvalue weighted by Gasteiger charge is 2.17. The Hall–Kier alpha value is -0.940. The lowest BCUT2D eigenvalue weighted by atomic mass is 10.1. The number of carbonyl (C=O) groups is 1. The molecule has 0 saturated carbocycles. The quantitative estimate of drug-likeness (QED) is 0.826. The van der Waals surface area contributed by atoms with Crippen LogP contribution >= 0.6 is 15.9 Å². The number of hydrogen-bond donors (Lipinski definition) is 1. The topological polar surface area (TPSA) is 52.3 Å². The normalized spacial score (nSPS) is 12.3. The fourth-order valence-electron chi connectivity index (χ4n) is 0.969. The van der Waals surface area contributed by atoms with E-state index in [2.05, 4.69) is 20.7 Å². The van der Waals surface area contributed by atoms with Crippen molar-refractivity contribution in [3.05, 3.63) is 34.1 Å². The number of nitrogens with two attached hydrogens (primary N) is 1. The molecule has 0 unspecified atom stereocenters. The van der Waals surface area contributed by atoms with Gasteiger partial charge in [-0.1, -0.05) is 6.07 Å². The zero-order valence-corrected chi connectivity index (χ0v) is 9.05. The second kappa shape index (κ2) is 4.52. The van der Waals surface area contributed by atoms with E-state index in [1.54, 1.807) is 6.07 Å². The first-order chi connectivity index (χ1) is 6.56. The van der Waals surface area contributed by atoms with Crippen molar-refractivity contribution in [2.75, 3.05) is 7.11 Å². The van der Waals surface area contributed by atoms with E-state index in [0.717, 1.165) is 0 Å². The molecule has 0 heterocycles. The number of rotatable bonds is 2. The molecule has 0 aliphatic carbocycles. The van der Waals surface area contributed by atoms with Crippen molar-refractivity contribution in [3.63, 3.8) is 0 Å². The first kappa shape index (κ1) is 11.1. The van der Waals surface area contributed by atoms with Crippen LogP contribution in [-0.4, -0.2) is 13.1 Å². The summed E-state index contributed by atoms with van der Waals surface area (Å²) in [6, 6.07) is 3.32. The number of methoxy groups -OCH3 is 1. The first-order valence-corrected chi connectivity index (χ1v) is 4.64. The van der Waals surface area contributed by atoms with Crippen LogP contribution in [0.5, 0.6) is 0 Å². The second-order valence-corrected chi connectivity index (χ2v) is 3.53. The highest BCUT2D eigenvalue weighted by Crippen LogP contribution is 2.20. The number of carbonyl (C=O) groups excluding carboxylic acids is 1. The summed E-state index contributed by atoms with van der Waals surface area (Å²) in [5.74, 6) is -1.05. The van der Waals surface area contributed by atoms with Gasteiger partial charge in [-0.25, -0.2) is 4.39 Å². The van der Waals surface area contributed by atoms with Gasteiger partial charge in [-0.2, -0.15) is 0 Å². The van der Waals surface area contributed by atoms with Gasteiger partial charge in [0.2, 0.25) is 0 Å². The fourth-order valence-corrected chi connectivity index (χ4v) is 1.22. The zero-order chi connectivity index (χ0) is 10.7. The molecule has 0 spiro atoms. The van der Waals surface area contributed by atoms with E-state index >= 15 is 0 Å². The maximum absolute atomic E-state index is 13.1. The SMILES string of the molecule is COC(=O)[C@H](N)c1ccc(Br)c(F)c1. The molecule has 1 rings (SSSR count). The lowest BCUT2D eigenvalue weighted by molar-refractivity contribution is -0.142. The Bertz CT molecular complexity index is 357. The molecule has 0 saturated heterocycles. The minimum Gasteiger partial charge on any atom is -0.468 e. The van der Waals surface area contributed by atoms with Crippen LogP contribution in [-0.2, 0) is 9.53 Å². The van der Waals surface area contributed by atoms with Crippen LogP contribution in [0.15, 0.2) is 22.7 Å². The minimum absolute atomic E-state index is 0.332. The molecule has 0 bridgehead atoms. The lowest BCUT2D eigenvalue weighted by Gasteiger charge is -2.09. The molecular weight excluding hydrogens is 253 g/mol. The summed E-state index contributed by atoms with van der Waals surface area (Å²) >= 11 is 3.00. The van der Waals surface area contributed by atoms with Gasteiger partial charge >= 0.3 is 5.97 Å². The Balaban J connectivity index is 2.96. The van der Waals surface area contributed by atoms with Gasteiger partial charge in [0.25, 0.3) is 0 Å². The number of benzene rings is 1. The summed E-state index contributed by atoms with van der Waals surface area (Å²) in [6.07, 6.45) is 0. The maximum Gasteiger partial charge on any atom is 0.327 e. The van der Waals surface area contributed by atoms with Gasteiger partial charge in [-0.15, -0.1) is 0 Å². The van der Waals surface area contributed by atoms with Crippen LogP contribution in [0.4, 0.5) is 4.39 Å².